The zero-order chi connectivity index (χ0) is 14.3. The molecule has 4 N–H and O–H groups in total. The zero-order valence-corrected chi connectivity index (χ0v) is 11.6. The molecule has 8 heteroatoms. The second-order valence-corrected chi connectivity index (χ2v) is 5.93. The van der Waals surface area contributed by atoms with Crippen LogP contribution in [-0.2, 0) is 15.0 Å². The quantitative estimate of drug-likeness (QED) is 0.398. The summed E-state index contributed by atoms with van der Waals surface area (Å²) in [7, 11) is -3.67. The third-order valence-electron chi connectivity index (χ3n) is 2.95. The lowest BCUT2D eigenvalue weighted by Crippen LogP contribution is -2.47. The summed E-state index contributed by atoms with van der Waals surface area (Å²) in [6.45, 7) is 2.07. The Hall–Kier alpha value is -1.14. The van der Waals surface area contributed by atoms with Gasteiger partial charge in [-0.25, -0.2) is 9.86 Å². The van der Waals surface area contributed by atoms with E-state index in [0.29, 0.717) is 19.6 Å². The van der Waals surface area contributed by atoms with Gasteiger partial charge >= 0.3 is 0 Å². The van der Waals surface area contributed by atoms with Crippen LogP contribution in [0.4, 0.5) is 0 Å². The molecule has 1 atom stereocenters. The Bertz CT molecular complexity index is 443. The van der Waals surface area contributed by atoms with Crippen molar-refractivity contribution in [2.75, 3.05) is 32.7 Å². The molecule has 7 nitrogen and oxygen atoms in total. The largest absolute Gasteiger partial charge is 0.341 e. The number of terminal acetylenes is 1. The van der Waals surface area contributed by atoms with Crippen molar-refractivity contribution in [3.8, 4) is 12.3 Å². The molecule has 1 rings (SSSR count). The minimum absolute atomic E-state index is 0.0180. The van der Waals surface area contributed by atoms with Gasteiger partial charge in [0.2, 0.25) is 5.91 Å². The van der Waals surface area contributed by atoms with Crippen molar-refractivity contribution < 1.29 is 13.2 Å². The Morgan fingerprint density at radius 1 is 1.53 bits per heavy atom. The Labute approximate surface area is 114 Å². The molecule has 0 radical (unpaired) electrons. The minimum Gasteiger partial charge on any atom is -0.341 e. The highest BCUT2D eigenvalue weighted by Crippen LogP contribution is 2.15. The maximum atomic E-state index is 11.9. The van der Waals surface area contributed by atoms with E-state index in [2.05, 4.69) is 16.0 Å². The van der Waals surface area contributed by atoms with Crippen LogP contribution in [0.1, 0.15) is 12.8 Å². The number of hydrogen-bond donors (Lipinski definition) is 3. The van der Waals surface area contributed by atoms with E-state index < -0.39 is 10.2 Å². The predicted octanol–water partition coefficient (Wildman–Crippen LogP) is -1.76. The molecule has 1 saturated heterocycles. The first-order valence-corrected chi connectivity index (χ1v) is 7.66. The van der Waals surface area contributed by atoms with Crippen LogP contribution < -0.4 is 15.2 Å². The molecule has 0 aliphatic carbocycles. The van der Waals surface area contributed by atoms with E-state index in [0.717, 1.165) is 12.8 Å². The van der Waals surface area contributed by atoms with Gasteiger partial charge in [-0.15, -0.1) is 6.42 Å². The molecule has 1 aliphatic rings. The fourth-order valence-corrected chi connectivity index (χ4v) is 2.51. The Morgan fingerprint density at radius 2 is 2.26 bits per heavy atom. The smallest absolute Gasteiger partial charge is 0.274 e. The molecule has 0 aromatic heterocycles. The molecule has 1 fully saturated rings. The Balaban J connectivity index is 2.37. The average Bonchev–Trinajstić information content (AvgIpc) is 2.36. The number of nitrogens with one attached hydrogen (secondary N) is 2. The van der Waals surface area contributed by atoms with Crippen LogP contribution in [-0.4, -0.2) is 51.9 Å². The molecular formula is C11H20N4O3S. The SMILES string of the molecule is C#CCNCC(=O)N1CCCC(CNS(N)(=O)=O)C1. The van der Waals surface area contributed by atoms with E-state index in [9.17, 15) is 13.2 Å². The van der Waals surface area contributed by atoms with Gasteiger partial charge in [0, 0.05) is 19.6 Å². The van der Waals surface area contributed by atoms with Gasteiger partial charge in [-0.1, -0.05) is 5.92 Å². The lowest BCUT2D eigenvalue weighted by Gasteiger charge is -2.32. The van der Waals surface area contributed by atoms with Crippen LogP contribution in [0.3, 0.4) is 0 Å². The van der Waals surface area contributed by atoms with Crippen LogP contribution in [0.15, 0.2) is 0 Å². The maximum Gasteiger partial charge on any atom is 0.274 e. The highest BCUT2D eigenvalue weighted by molar-refractivity contribution is 7.87. The van der Waals surface area contributed by atoms with Crippen molar-refractivity contribution in [3.63, 3.8) is 0 Å². The van der Waals surface area contributed by atoms with E-state index in [1.54, 1.807) is 4.90 Å². The summed E-state index contributed by atoms with van der Waals surface area (Å²) in [6.07, 6.45) is 6.82. The summed E-state index contributed by atoms with van der Waals surface area (Å²) in [5.41, 5.74) is 0. The lowest BCUT2D eigenvalue weighted by molar-refractivity contribution is -0.131. The van der Waals surface area contributed by atoms with Crippen LogP contribution in [0.5, 0.6) is 0 Å². The van der Waals surface area contributed by atoms with Crippen molar-refractivity contribution in [1.29, 1.82) is 0 Å². The molecule has 1 heterocycles. The van der Waals surface area contributed by atoms with Gasteiger partial charge in [0.1, 0.15) is 0 Å². The maximum absolute atomic E-state index is 11.9. The first-order valence-electron chi connectivity index (χ1n) is 6.11. The Morgan fingerprint density at radius 3 is 2.89 bits per heavy atom. The number of rotatable bonds is 6. The summed E-state index contributed by atoms with van der Waals surface area (Å²) in [5.74, 6) is 2.48. The molecule has 1 aliphatic heterocycles. The summed E-state index contributed by atoms with van der Waals surface area (Å²) >= 11 is 0. The molecule has 0 bridgehead atoms. The second kappa shape index (κ2) is 7.45. The number of carbonyl (C=O) groups excluding carboxylic acids is 1. The molecule has 0 spiro atoms. The summed E-state index contributed by atoms with van der Waals surface area (Å²) in [4.78, 5) is 13.6. The number of hydrogen-bond acceptors (Lipinski definition) is 4. The van der Waals surface area contributed by atoms with Crippen molar-refractivity contribution in [3.05, 3.63) is 0 Å². The van der Waals surface area contributed by atoms with Gasteiger partial charge in [0.25, 0.3) is 10.2 Å². The van der Waals surface area contributed by atoms with Crippen LogP contribution >= 0.6 is 0 Å². The molecular weight excluding hydrogens is 268 g/mol. The highest BCUT2D eigenvalue weighted by Gasteiger charge is 2.23. The van der Waals surface area contributed by atoms with Gasteiger partial charge < -0.3 is 4.90 Å². The first-order chi connectivity index (χ1) is 8.92. The summed E-state index contributed by atoms with van der Waals surface area (Å²) in [6, 6.07) is 0. The second-order valence-electron chi connectivity index (χ2n) is 4.55. The standard InChI is InChI=1S/C11H20N4O3S/c1-2-5-13-8-11(16)15-6-3-4-10(9-15)7-14-19(12,17)18/h1,10,13-14H,3-9H2,(H2,12,17,18). The van der Waals surface area contributed by atoms with Gasteiger partial charge in [-0.2, -0.15) is 8.42 Å². The predicted molar refractivity (Wildman–Crippen MR) is 72.1 cm³/mol. The monoisotopic (exact) mass is 288 g/mol. The molecule has 0 aromatic carbocycles. The fourth-order valence-electron chi connectivity index (χ4n) is 2.05. The zero-order valence-electron chi connectivity index (χ0n) is 10.8. The van der Waals surface area contributed by atoms with E-state index in [1.807, 2.05) is 0 Å². The first kappa shape index (κ1) is 15.9. The van der Waals surface area contributed by atoms with Crippen molar-refractivity contribution in [2.45, 2.75) is 12.8 Å². The number of amides is 1. The Kier molecular flexibility index (Phi) is 6.24. The molecule has 1 unspecified atom stereocenters. The van der Waals surface area contributed by atoms with Crippen molar-refractivity contribution in [2.24, 2.45) is 11.1 Å². The summed E-state index contributed by atoms with van der Waals surface area (Å²) < 4.78 is 23.9. The lowest BCUT2D eigenvalue weighted by atomic mass is 9.98. The van der Waals surface area contributed by atoms with Crippen LogP contribution in [0, 0.1) is 18.3 Å². The minimum atomic E-state index is -3.67. The van der Waals surface area contributed by atoms with Gasteiger partial charge in [-0.3, -0.25) is 10.1 Å². The van der Waals surface area contributed by atoms with Gasteiger partial charge in [-0.05, 0) is 18.8 Å². The average molecular weight is 288 g/mol. The number of nitrogens with two attached hydrogens (primary N) is 1. The van der Waals surface area contributed by atoms with Gasteiger partial charge in [0.15, 0.2) is 0 Å². The highest BCUT2D eigenvalue weighted by atomic mass is 32.2. The molecule has 1 amide bonds. The number of piperidine rings is 1. The molecule has 19 heavy (non-hydrogen) atoms. The summed E-state index contributed by atoms with van der Waals surface area (Å²) in [5, 5.41) is 7.72. The number of likely N-dealkylation sites (tertiary alicyclic amines) is 1. The van der Waals surface area contributed by atoms with E-state index in [1.165, 1.54) is 0 Å². The molecule has 0 aromatic rings. The fraction of sp³-hybridized carbons (Fsp3) is 0.727. The number of carbonyl (C=O) groups is 1. The van der Waals surface area contributed by atoms with Crippen LogP contribution in [0.2, 0.25) is 0 Å². The van der Waals surface area contributed by atoms with E-state index >= 15 is 0 Å². The normalized spacial score (nSPS) is 20.0. The van der Waals surface area contributed by atoms with Crippen molar-refractivity contribution in [1.82, 2.24) is 14.9 Å². The van der Waals surface area contributed by atoms with Gasteiger partial charge in [0.05, 0.1) is 13.1 Å². The molecule has 108 valence electrons. The third-order valence-corrected chi connectivity index (χ3v) is 3.52. The third kappa shape index (κ3) is 6.54. The van der Waals surface area contributed by atoms with E-state index in [4.69, 9.17) is 11.6 Å². The number of nitrogens with zero attached hydrogens (tertiary/aromatic N) is 1. The molecule has 0 saturated carbocycles. The topological polar surface area (TPSA) is 105 Å². The van der Waals surface area contributed by atoms with Crippen LogP contribution in [0.25, 0.3) is 0 Å². The van der Waals surface area contributed by atoms with Crippen molar-refractivity contribution >= 4 is 16.1 Å². The van der Waals surface area contributed by atoms with E-state index in [-0.39, 0.29) is 24.9 Å².